The molecule has 0 aliphatic heterocycles. The van der Waals surface area contributed by atoms with E-state index in [1.54, 1.807) is 25.3 Å². The van der Waals surface area contributed by atoms with Crippen LogP contribution in [0.25, 0.3) is 0 Å². The van der Waals surface area contributed by atoms with Crippen molar-refractivity contribution in [3.63, 3.8) is 0 Å². The van der Waals surface area contributed by atoms with E-state index in [0.717, 1.165) is 11.1 Å². The zero-order chi connectivity index (χ0) is 15.4. The van der Waals surface area contributed by atoms with Crippen molar-refractivity contribution in [3.05, 3.63) is 62.8 Å². The third-order valence-electron chi connectivity index (χ3n) is 3.33. The number of aryl methyl sites for hydroxylation is 1. The van der Waals surface area contributed by atoms with Crippen LogP contribution in [0.15, 0.2) is 30.5 Å². The van der Waals surface area contributed by atoms with E-state index in [1.807, 2.05) is 13.0 Å². The number of nitro benzene ring substituents is 1. The molecule has 6 heteroatoms. The molecule has 0 radical (unpaired) electrons. The second-order valence-corrected chi connectivity index (χ2v) is 4.64. The topological polar surface area (TPSA) is 91.8 Å². The summed E-state index contributed by atoms with van der Waals surface area (Å²) in [6, 6.07) is 8.82. The van der Waals surface area contributed by atoms with E-state index in [9.17, 15) is 10.1 Å². The summed E-state index contributed by atoms with van der Waals surface area (Å²) >= 11 is 0. The van der Waals surface area contributed by atoms with Crippen LogP contribution in [-0.4, -0.2) is 9.91 Å². The number of nitrogens with one attached hydrogen (secondary N) is 1. The largest absolute Gasteiger partial charge is 0.365 e. The molecule has 2 aromatic rings. The van der Waals surface area contributed by atoms with Crippen molar-refractivity contribution >= 4 is 11.5 Å². The molecule has 1 heterocycles. The smallest absolute Gasteiger partial charge is 0.272 e. The van der Waals surface area contributed by atoms with Crippen molar-refractivity contribution in [2.45, 2.75) is 20.4 Å². The van der Waals surface area contributed by atoms with E-state index >= 15 is 0 Å². The number of nitro groups is 1. The minimum Gasteiger partial charge on any atom is -0.365 e. The molecule has 0 unspecified atom stereocenters. The summed E-state index contributed by atoms with van der Waals surface area (Å²) in [5, 5.41) is 23.1. The van der Waals surface area contributed by atoms with Crippen LogP contribution in [-0.2, 0) is 6.54 Å². The zero-order valence-corrected chi connectivity index (χ0v) is 11.8. The Bertz CT molecular complexity index is 735. The maximum Gasteiger partial charge on any atom is 0.272 e. The third-order valence-corrected chi connectivity index (χ3v) is 3.33. The van der Waals surface area contributed by atoms with Crippen LogP contribution in [0.2, 0.25) is 0 Å². The lowest BCUT2D eigenvalue weighted by molar-refractivity contribution is -0.385. The monoisotopic (exact) mass is 282 g/mol. The minimum atomic E-state index is -0.398. The normalized spacial score (nSPS) is 9.95. The van der Waals surface area contributed by atoms with Gasteiger partial charge in [-0.3, -0.25) is 10.1 Å². The summed E-state index contributed by atoms with van der Waals surface area (Å²) in [5.41, 5.74) is 2.83. The van der Waals surface area contributed by atoms with Gasteiger partial charge in [0, 0.05) is 24.4 Å². The lowest BCUT2D eigenvalue weighted by Crippen LogP contribution is -2.06. The Labute approximate surface area is 122 Å². The molecule has 0 bridgehead atoms. The Kier molecular flexibility index (Phi) is 4.14. The average Bonchev–Trinajstić information content (AvgIpc) is 2.46. The lowest BCUT2D eigenvalue weighted by Gasteiger charge is -2.10. The van der Waals surface area contributed by atoms with Gasteiger partial charge in [0.05, 0.1) is 10.5 Å². The molecule has 0 aliphatic carbocycles. The first-order chi connectivity index (χ1) is 10.0. The van der Waals surface area contributed by atoms with Gasteiger partial charge >= 0.3 is 0 Å². The molecule has 0 fully saturated rings. The Hall–Kier alpha value is -2.94. The molecular weight excluding hydrogens is 268 g/mol. The van der Waals surface area contributed by atoms with Gasteiger partial charge in [-0.15, -0.1) is 0 Å². The maximum absolute atomic E-state index is 10.9. The highest BCUT2D eigenvalue weighted by molar-refractivity contribution is 5.56. The molecule has 0 spiro atoms. The Balaban J connectivity index is 2.26. The molecule has 106 valence electrons. The van der Waals surface area contributed by atoms with E-state index in [2.05, 4.69) is 16.4 Å². The molecule has 21 heavy (non-hydrogen) atoms. The number of anilines is 1. The number of hydrogen-bond acceptors (Lipinski definition) is 5. The van der Waals surface area contributed by atoms with Crippen LogP contribution in [0.1, 0.15) is 22.3 Å². The van der Waals surface area contributed by atoms with E-state index in [0.29, 0.717) is 23.5 Å². The molecule has 1 aromatic heterocycles. The quantitative estimate of drug-likeness (QED) is 0.687. The van der Waals surface area contributed by atoms with Crippen molar-refractivity contribution in [1.29, 1.82) is 5.26 Å². The van der Waals surface area contributed by atoms with E-state index < -0.39 is 4.92 Å². The van der Waals surface area contributed by atoms with Crippen molar-refractivity contribution in [2.75, 3.05) is 5.32 Å². The van der Waals surface area contributed by atoms with Gasteiger partial charge in [-0.1, -0.05) is 12.1 Å². The van der Waals surface area contributed by atoms with Crippen LogP contribution in [0.4, 0.5) is 11.5 Å². The second kappa shape index (κ2) is 6.01. The van der Waals surface area contributed by atoms with Crippen molar-refractivity contribution in [1.82, 2.24) is 4.98 Å². The van der Waals surface area contributed by atoms with Gasteiger partial charge in [0.15, 0.2) is 0 Å². The number of nitriles is 1. The Morgan fingerprint density at radius 2 is 2.14 bits per heavy atom. The summed E-state index contributed by atoms with van der Waals surface area (Å²) in [5.74, 6) is 0.489. The lowest BCUT2D eigenvalue weighted by atomic mass is 10.1. The third kappa shape index (κ3) is 2.98. The van der Waals surface area contributed by atoms with Crippen LogP contribution in [0, 0.1) is 35.3 Å². The molecule has 0 amide bonds. The SMILES string of the molecule is Cc1ccnc(NCc2cccc([N+](=O)[O-])c2C)c1C#N. The summed E-state index contributed by atoms with van der Waals surface area (Å²) in [7, 11) is 0. The summed E-state index contributed by atoms with van der Waals surface area (Å²) in [6.07, 6.45) is 1.62. The van der Waals surface area contributed by atoms with E-state index in [4.69, 9.17) is 5.26 Å². The van der Waals surface area contributed by atoms with Crippen molar-refractivity contribution in [2.24, 2.45) is 0 Å². The Morgan fingerprint density at radius 1 is 1.38 bits per heavy atom. The first-order valence-electron chi connectivity index (χ1n) is 6.37. The zero-order valence-electron chi connectivity index (χ0n) is 11.8. The van der Waals surface area contributed by atoms with Crippen LogP contribution in [0.5, 0.6) is 0 Å². The molecule has 0 aliphatic rings. The Morgan fingerprint density at radius 3 is 2.81 bits per heavy atom. The van der Waals surface area contributed by atoms with Gasteiger partial charge in [0.2, 0.25) is 0 Å². The predicted octanol–water partition coefficient (Wildman–Crippen LogP) is 3.09. The summed E-state index contributed by atoms with van der Waals surface area (Å²) in [4.78, 5) is 14.7. The van der Waals surface area contributed by atoms with Gasteiger partial charge < -0.3 is 5.32 Å². The highest BCUT2D eigenvalue weighted by Gasteiger charge is 2.13. The number of nitrogens with zero attached hydrogens (tertiary/aromatic N) is 3. The van der Waals surface area contributed by atoms with Crippen LogP contribution >= 0.6 is 0 Å². The number of pyridine rings is 1. The molecule has 2 rings (SSSR count). The van der Waals surface area contributed by atoms with Gasteiger partial charge in [0.1, 0.15) is 11.9 Å². The first-order valence-corrected chi connectivity index (χ1v) is 6.37. The fraction of sp³-hybridized carbons (Fsp3) is 0.200. The molecule has 0 saturated heterocycles. The molecule has 0 saturated carbocycles. The second-order valence-electron chi connectivity index (χ2n) is 4.64. The molecule has 6 nitrogen and oxygen atoms in total. The van der Waals surface area contributed by atoms with E-state index in [1.165, 1.54) is 6.07 Å². The fourth-order valence-corrected chi connectivity index (χ4v) is 2.07. The number of hydrogen-bond donors (Lipinski definition) is 1. The standard InChI is InChI=1S/C15H14N4O2/c1-10-6-7-17-15(13(10)8-16)18-9-12-4-3-5-14(11(12)2)19(20)21/h3-7H,9H2,1-2H3,(H,17,18). The average molecular weight is 282 g/mol. The van der Waals surface area contributed by atoms with Crippen molar-refractivity contribution < 1.29 is 4.92 Å². The summed E-state index contributed by atoms with van der Waals surface area (Å²) < 4.78 is 0. The minimum absolute atomic E-state index is 0.0898. The van der Waals surface area contributed by atoms with Gasteiger partial charge in [0.25, 0.3) is 5.69 Å². The summed E-state index contributed by atoms with van der Waals surface area (Å²) in [6.45, 7) is 3.92. The number of rotatable bonds is 4. The van der Waals surface area contributed by atoms with Crippen LogP contribution < -0.4 is 5.32 Å². The van der Waals surface area contributed by atoms with Gasteiger partial charge in [-0.05, 0) is 31.0 Å². The highest BCUT2D eigenvalue weighted by atomic mass is 16.6. The first kappa shape index (κ1) is 14.5. The predicted molar refractivity (Wildman–Crippen MR) is 78.8 cm³/mol. The molecule has 0 atom stereocenters. The van der Waals surface area contributed by atoms with Crippen LogP contribution in [0.3, 0.4) is 0 Å². The highest BCUT2D eigenvalue weighted by Crippen LogP contribution is 2.22. The maximum atomic E-state index is 10.9. The van der Waals surface area contributed by atoms with Gasteiger partial charge in [-0.2, -0.15) is 5.26 Å². The van der Waals surface area contributed by atoms with Crippen molar-refractivity contribution in [3.8, 4) is 6.07 Å². The fourth-order valence-electron chi connectivity index (χ4n) is 2.07. The molecular formula is C15H14N4O2. The number of benzene rings is 1. The molecule has 1 aromatic carbocycles. The van der Waals surface area contributed by atoms with Gasteiger partial charge in [-0.25, -0.2) is 4.98 Å². The number of aromatic nitrogens is 1. The van der Waals surface area contributed by atoms with E-state index in [-0.39, 0.29) is 5.69 Å². The molecule has 1 N–H and O–H groups in total.